The Morgan fingerprint density at radius 2 is 2.30 bits per heavy atom. The molecule has 0 fully saturated rings. The molecule has 2 rings (SSSR count). The zero-order valence-corrected chi connectivity index (χ0v) is 6.49. The number of hydrogen-bond donors (Lipinski definition) is 1. The molecule has 1 aliphatic heterocycles. The summed E-state index contributed by atoms with van der Waals surface area (Å²) in [5, 5.41) is 3.14. The van der Waals surface area contributed by atoms with Gasteiger partial charge in [-0.3, -0.25) is 0 Å². The van der Waals surface area contributed by atoms with Gasteiger partial charge in [-0.2, -0.15) is 0 Å². The highest BCUT2D eigenvalue weighted by Crippen LogP contribution is 2.14. The molecule has 0 radical (unpaired) electrons. The van der Waals surface area contributed by atoms with E-state index in [1.54, 1.807) is 0 Å². The number of nitrogens with one attached hydrogen (secondary N) is 1. The summed E-state index contributed by atoms with van der Waals surface area (Å²) >= 11 is 0. The second-order valence-corrected chi connectivity index (χ2v) is 2.21. The van der Waals surface area contributed by atoms with Gasteiger partial charge in [0.25, 0.3) is 0 Å². The maximum atomic E-state index is 5.25. The van der Waals surface area contributed by atoms with Gasteiger partial charge in [-0.15, -0.1) is 12.4 Å². The Bertz CT molecular complexity index is 212. The highest BCUT2D eigenvalue weighted by molar-refractivity contribution is 5.85. The maximum Gasteiger partial charge on any atom is 0.191 e. The number of aromatic nitrogens is 1. The molecule has 1 N–H and O–H groups in total. The number of hydrogen-bond acceptors (Lipinski definition) is 3. The van der Waals surface area contributed by atoms with Crippen molar-refractivity contribution in [2.75, 3.05) is 0 Å². The summed E-state index contributed by atoms with van der Waals surface area (Å²) < 4.78 is 5.25. The summed E-state index contributed by atoms with van der Waals surface area (Å²) in [7, 11) is 0. The average Bonchev–Trinajstić information content (AvgIpc) is 2.22. The van der Waals surface area contributed by atoms with Gasteiger partial charge in [-0.25, -0.2) is 4.98 Å². The van der Waals surface area contributed by atoms with E-state index in [1.165, 1.54) is 0 Å². The van der Waals surface area contributed by atoms with Crippen molar-refractivity contribution in [1.29, 1.82) is 0 Å². The number of rotatable bonds is 0. The maximum absolute atomic E-state index is 5.25. The molecular formula is C6H9ClN2O. The molecule has 1 aromatic heterocycles. The highest BCUT2D eigenvalue weighted by Gasteiger charge is 2.15. The second-order valence-electron chi connectivity index (χ2n) is 2.21. The molecule has 4 heteroatoms. The molecule has 10 heavy (non-hydrogen) atoms. The Labute approximate surface area is 65.2 Å². The topological polar surface area (TPSA) is 38.1 Å². The van der Waals surface area contributed by atoms with Gasteiger partial charge in [0, 0.05) is 13.5 Å². The van der Waals surface area contributed by atoms with Crippen LogP contribution < -0.4 is 5.32 Å². The quantitative estimate of drug-likeness (QED) is 0.616. The largest absolute Gasteiger partial charge is 0.444 e. The minimum atomic E-state index is 0. The third-order valence-corrected chi connectivity index (χ3v) is 1.46. The zero-order valence-electron chi connectivity index (χ0n) is 5.68. The monoisotopic (exact) mass is 160 g/mol. The third kappa shape index (κ3) is 1.02. The molecule has 3 nitrogen and oxygen atoms in total. The smallest absolute Gasteiger partial charge is 0.191 e. The van der Waals surface area contributed by atoms with Gasteiger partial charge in [0.05, 0.1) is 12.2 Å². The van der Waals surface area contributed by atoms with Crippen LogP contribution in [0.5, 0.6) is 0 Å². The molecule has 0 atom stereocenters. The van der Waals surface area contributed by atoms with Crippen LogP contribution in [0.1, 0.15) is 17.3 Å². The Balaban J connectivity index is 0.000000500. The molecule has 0 saturated carbocycles. The van der Waals surface area contributed by atoms with Crippen molar-refractivity contribution >= 4 is 12.4 Å². The van der Waals surface area contributed by atoms with Crippen molar-refractivity contribution in [3.05, 3.63) is 17.3 Å². The molecule has 0 spiro atoms. The SMILES string of the molecule is Cc1nc2c(o1)CNC2.Cl. The van der Waals surface area contributed by atoms with Crippen LogP contribution in [0.4, 0.5) is 0 Å². The van der Waals surface area contributed by atoms with Crippen LogP contribution in [0.25, 0.3) is 0 Å². The Hall–Kier alpha value is -0.540. The van der Waals surface area contributed by atoms with Gasteiger partial charge < -0.3 is 9.73 Å². The van der Waals surface area contributed by atoms with Crippen molar-refractivity contribution in [1.82, 2.24) is 10.3 Å². The second kappa shape index (κ2) is 2.60. The summed E-state index contributed by atoms with van der Waals surface area (Å²) in [6.07, 6.45) is 0. The van der Waals surface area contributed by atoms with Crippen LogP contribution in [0, 0.1) is 6.92 Å². The molecule has 0 aliphatic carbocycles. The van der Waals surface area contributed by atoms with Crippen LogP contribution in [-0.4, -0.2) is 4.98 Å². The van der Waals surface area contributed by atoms with Gasteiger partial charge in [-0.1, -0.05) is 0 Å². The third-order valence-electron chi connectivity index (χ3n) is 1.46. The molecule has 56 valence electrons. The lowest BCUT2D eigenvalue weighted by molar-refractivity contribution is 0.469. The number of aryl methyl sites for hydroxylation is 1. The fourth-order valence-corrected chi connectivity index (χ4v) is 1.08. The Morgan fingerprint density at radius 3 is 3.00 bits per heavy atom. The van der Waals surface area contributed by atoms with Crippen molar-refractivity contribution in [3.63, 3.8) is 0 Å². The van der Waals surface area contributed by atoms with Gasteiger partial charge >= 0.3 is 0 Å². The molecule has 1 aromatic rings. The van der Waals surface area contributed by atoms with Crippen LogP contribution in [0.2, 0.25) is 0 Å². The lowest BCUT2D eigenvalue weighted by Gasteiger charge is -1.84. The van der Waals surface area contributed by atoms with E-state index in [4.69, 9.17) is 4.42 Å². The summed E-state index contributed by atoms with van der Waals surface area (Å²) in [5.74, 6) is 1.79. The van der Waals surface area contributed by atoms with E-state index >= 15 is 0 Å². The fourth-order valence-electron chi connectivity index (χ4n) is 1.08. The molecular weight excluding hydrogens is 152 g/mol. The van der Waals surface area contributed by atoms with E-state index < -0.39 is 0 Å². The lowest BCUT2D eigenvalue weighted by Crippen LogP contribution is -2.01. The molecule has 1 aliphatic rings. The summed E-state index contributed by atoms with van der Waals surface area (Å²) in [6, 6.07) is 0. The van der Waals surface area contributed by atoms with Crippen LogP contribution >= 0.6 is 12.4 Å². The summed E-state index contributed by atoms with van der Waals surface area (Å²) in [5.41, 5.74) is 1.08. The zero-order chi connectivity index (χ0) is 6.27. The number of oxazole rings is 1. The van der Waals surface area contributed by atoms with Crippen molar-refractivity contribution in [3.8, 4) is 0 Å². The van der Waals surface area contributed by atoms with E-state index in [0.717, 1.165) is 30.4 Å². The predicted octanol–water partition coefficient (Wildman–Crippen LogP) is 1.01. The number of fused-ring (bicyclic) bond motifs is 1. The van der Waals surface area contributed by atoms with Crippen LogP contribution in [-0.2, 0) is 13.1 Å². The van der Waals surface area contributed by atoms with Gasteiger partial charge in [0.1, 0.15) is 5.76 Å². The van der Waals surface area contributed by atoms with Crippen molar-refractivity contribution in [2.24, 2.45) is 0 Å². The first-order valence-corrected chi connectivity index (χ1v) is 3.02. The Morgan fingerprint density at radius 1 is 1.50 bits per heavy atom. The van der Waals surface area contributed by atoms with Crippen molar-refractivity contribution in [2.45, 2.75) is 20.0 Å². The Kier molecular flexibility index (Phi) is 1.97. The van der Waals surface area contributed by atoms with Crippen LogP contribution in [0.3, 0.4) is 0 Å². The first-order valence-electron chi connectivity index (χ1n) is 3.02. The standard InChI is InChI=1S/C6H8N2O.ClH/c1-4-8-5-2-7-3-6(5)9-4;/h7H,2-3H2,1H3;1H. The van der Waals surface area contributed by atoms with Gasteiger partial charge in [0.2, 0.25) is 0 Å². The molecule has 0 saturated heterocycles. The van der Waals surface area contributed by atoms with Gasteiger partial charge in [-0.05, 0) is 0 Å². The minimum Gasteiger partial charge on any atom is -0.444 e. The lowest BCUT2D eigenvalue weighted by atomic mass is 10.4. The summed E-state index contributed by atoms with van der Waals surface area (Å²) in [6.45, 7) is 3.58. The molecule has 0 aromatic carbocycles. The van der Waals surface area contributed by atoms with E-state index in [2.05, 4.69) is 10.3 Å². The van der Waals surface area contributed by atoms with E-state index in [0.29, 0.717) is 0 Å². The van der Waals surface area contributed by atoms with E-state index in [1.807, 2.05) is 6.92 Å². The van der Waals surface area contributed by atoms with E-state index in [9.17, 15) is 0 Å². The van der Waals surface area contributed by atoms with Crippen molar-refractivity contribution < 1.29 is 4.42 Å². The summed E-state index contributed by atoms with van der Waals surface area (Å²) in [4.78, 5) is 4.16. The first-order chi connectivity index (χ1) is 4.36. The normalized spacial score (nSPS) is 14.5. The van der Waals surface area contributed by atoms with Crippen LogP contribution in [0.15, 0.2) is 4.42 Å². The highest BCUT2D eigenvalue weighted by atomic mass is 35.5. The fraction of sp³-hybridized carbons (Fsp3) is 0.500. The average molecular weight is 161 g/mol. The number of nitrogens with zero attached hydrogens (tertiary/aromatic N) is 1. The predicted molar refractivity (Wildman–Crippen MR) is 39.0 cm³/mol. The molecule has 2 heterocycles. The first kappa shape index (κ1) is 7.57. The molecule has 0 amide bonds. The van der Waals surface area contributed by atoms with E-state index in [-0.39, 0.29) is 12.4 Å². The van der Waals surface area contributed by atoms with Gasteiger partial charge in [0.15, 0.2) is 5.89 Å². The number of halogens is 1. The molecule has 0 unspecified atom stereocenters. The molecule has 0 bridgehead atoms. The minimum absolute atomic E-state index is 0.